The zero-order valence-electron chi connectivity index (χ0n) is 11.4. The minimum absolute atomic E-state index is 0.0876. The van der Waals surface area contributed by atoms with Crippen LogP contribution in [0, 0.1) is 23.2 Å². The van der Waals surface area contributed by atoms with E-state index in [9.17, 15) is 4.79 Å². The highest BCUT2D eigenvalue weighted by atomic mass is 16.1. The molecule has 0 aromatic heterocycles. The van der Waals surface area contributed by atoms with Crippen LogP contribution in [-0.4, -0.2) is 6.29 Å². The highest BCUT2D eigenvalue weighted by Gasteiger charge is 2.46. The number of carbonyl (C=O) groups is 1. The lowest BCUT2D eigenvalue weighted by molar-refractivity contribution is -0.115. The molecule has 0 aliphatic heterocycles. The molecule has 0 spiro atoms. The largest absolute Gasteiger partial charge is 0.303 e. The topological polar surface area (TPSA) is 40.9 Å². The molecule has 2 heteroatoms. The van der Waals surface area contributed by atoms with E-state index in [1.54, 1.807) is 0 Å². The van der Waals surface area contributed by atoms with Gasteiger partial charge in [-0.1, -0.05) is 19.4 Å². The summed E-state index contributed by atoms with van der Waals surface area (Å²) < 4.78 is 0. The second-order valence-electron chi connectivity index (χ2n) is 6.24. The number of nitrogens with zero attached hydrogens (tertiary/aromatic N) is 1. The van der Waals surface area contributed by atoms with Gasteiger partial charge in [-0.3, -0.25) is 0 Å². The maximum Gasteiger partial charge on any atom is 0.123 e. The summed E-state index contributed by atoms with van der Waals surface area (Å²) in [6.07, 6.45) is 6.62. The predicted octanol–water partition coefficient (Wildman–Crippen LogP) is 3.38. The Kier molecular flexibility index (Phi) is 2.93. The third-order valence-corrected chi connectivity index (χ3v) is 5.32. The van der Waals surface area contributed by atoms with Gasteiger partial charge in [-0.2, -0.15) is 5.26 Å². The second kappa shape index (κ2) is 4.49. The van der Waals surface area contributed by atoms with Gasteiger partial charge in [0.2, 0.25) is 0 Å². The molecule has 19 heavy (non-hydrogen) atoms. The van der Waals surface area contributed by atoms with Gasteiger partial charge in [0.25, 0.3) is 0 Å². The zero-order valence-corrected chi connectivity index (χ0v) is 11.4. The van der Waals surface area contributed by atoms with Crippen molar-refractivity contribution in [2.24, 2.45) is 11.8 Å². The molecule has 0 unspecified atom stereocenters. The summed E-state index contributed by atoms with van der Waals surface area (Å²) in [5.41, 5.74) is 3.54. The van der Waals surface area contributed by atoms with Gasteiger partial charge in [0.15, 0.2) is 0 Å². The van der Waals surface area contributed by atoms with E-state index in [0.29, 0.717) is 5.92 Å². The van der Waals surface area contributed by atoms with Gasteiger partial charge in [0, 0.05) is 5.92 Å². The maximum absolute atomic E-state index is 11.3. The van der Waals surface area contributed by atoms with Gasteiger partial charge in [0.05, 0.1) is 11.6 Å². The first-order valence-corrected chi connectivity index (χ1v) is 7.18. The van der Waals surface area contributed by atoms with Gasteiger partial charge >= 0.3 is 0 Å². The smallest absolute Gasteiger partial charge is 0.123 e. The van der Waals surface area contributed by atoms with Crippen LogP contribution in [0.5, 0.6) is 0 Å². The molecule has 2 nitrogen and oxygen atoms in total. The molecule has 1 saturated carbocycles. The maximum atomic E-state index is 11.3. The van der Waals surface area contributed by atoms with E-state index in [2.05, 4.69) is 25.1 Å². The van der Waals surface area contributed by atoms with Crippen molar-refractivity contribution in [2.45, 2.75) is 44.4 Å². The van der Waals surface area contributed by atoms with E-state index in [1.165, 1.54) is 17.4 Å². The summed E-state index contributed by atoms with van der Waals surface area (Å²) >= 11 is 0. The number of aryl methyl sites for hydroxylation is 1. The normalized spacial score (nSPS) is 32.8. The molecule has 0 N–H and O–H groups in total. The Balaban J connectivity index is 2.11. The van der Waals surface area contributed by atoms with Crippen LogP contribution >= 0.6 is 0 Å². The lowest BCUT2D eigenvalue weighted by Gasteiger charge is -2.49. The number of hydrogen-bond donors (Lipinski definition) is 0. The number of rotatable bonds is 1. The number of nitriles is 1. The minimum atomic E-state index is 0.0876. The van der Waals surface area contributed by atoms with Gasteiger partial charge in [-0.25, -0.2) is 0 Å². The van der Waals surface area contributed by atoms with E-state index in [1.807, 2.05) is 6.07 Å². The molecule has 3 rings (SSSR count). The molecule has 0 amide bonds. The van der Waals surface area contributed by atoms with Crippen LogP contribution < -0.4 is 0 Å². The van der Waals surface area contributed by atoms with Crippen molar-refractivity contribution in [3.63, 3.8) is 0 Å². The van der Waals surface area contributed by atoms with E-state index in [-0.39, 0.29) is 11.3 Å². The molecular formula is C17H19NO. The molecule has 3 atom stereocenters. The molecule has 1 fully saturated rings. The Hall–Kier alpha value is -1.62. The highest BCUT2D eigenvalue weighted by molar-refractivity contribution is 5.56. The molecular weight excluding hydrogens is 234 g/mol. The van der Waals surface area contributed by atoms with Crippen LogP contribution in [0.4, 0.5) is 0 Å². The first kappa shape index (κ1) is 12.4. The van der Waals surface area contributed by atoms with Crippen molar-refractivity contribution < 1.29 is 4.79 Å². The van der Waals surface area contributed by atoms with Crippen LogP contribution in [0.2, 0.25) is 0 Å². The molecule has 0 radical (unpaired) electrons. The number of hydrogen-bond acceptors (Lipinski definition) is 2. The summed E-state index contributed by atoms with van der Waals surface area (Å²) in [4.78, 5) is 11.3. The lowest BCUT2D eigenvalue weighted by Crippen LogP contribution is -2.44. The molecule has 0 heterocycles. The highest BCUT2D eigenvalue weighted by Crippen LogP contribution is 2.51. The third-order valence-electron chi connectivity index (χ3n) is 5.32. The van der Waals surface area contributed by atoms with Gasteiger partial charge in [-0.15, -0.1) is 0 Å². The number of fused-ring (bicyclic) bond motifs is 3. The molecule has 2 aliphatic carbocycles. The van der Waals surface area contributed by atoms with Gasteiger partial charge in [0.1, 0.15) is 6.29 Å². The van der Waals surface area contributed by atoms with Crippen molar-refractivity contribution in [3.05, 3.63) is 34.9 Å². The molecule has 1 aromatic carbocycles. The Labute approximate surface area is 114 Å². The van der Waals surface area contributed by atoms with E-state index in [4.69, 9.17) is 5.26 Å². The second-order valence-corrected chi connectivity index (χ2v) is 6.24. The number of carbonyl (C=O) groups excluding carboxylic acids is 1. The summed E-state index contributed by atoms with van der Waals surface area (Å²) in [7, 11) is 0. The van der Waals surface area contributed by atoms with E-state index in [0.717, 1.165) is 37.7 Å². The van der Waals surface area contributed by atoms with Gasteiger partial charge < -0.3 is 4.79 Å². The fraction of sp³-hybridized carbons (Fsp3) is 0.529. The van der Waals surface area contributed by atoms with Crippen molar-refractivity contribution >= 4 is 6.29 Å². The standard InChI is InChI=1S/C17H19NO/c1-17-8-2-3-14(11-19)15(17)7-6-13-5-4-12(10-18)9-16(13)17/h4-5,9,11,14-15H,2-3,6-8H2,1H3/t14-,15-,17-/m1/s1. The van der Waals surface area contributed by atoms with E-state index >= 15 is 0 Å². The van der Waals surface area contributed by atoms with Crippen molar-refractivity contribution in [3.8, 4) is 6.07 Å². The monoisotopic (exact) mass is 253 g/mol. The van der Waals surface area contributed by atoms with Crippen molar-refractivity contribution in [2.75, 3.05) is 0 Å². The Morgan fingerprint density at radius 3 is 3.00 bits per heavy atom. The summed E-state index contributed by atoms with van der Waals surface area (Å²) in [5.74, 6) is 0.665. The first-order valence-electron chi connectivity index (χ1n) is 7.18. The van der Waals surface area contributed by atoms with Crippen LogP contribution in [0.25, 0.3) is 0 Å². The molecule has 1 aromatic rings. The molecule has 98 valence electrons. The number of aldehydes is 1. The average Bonchev–Trinajstić information content (AvgIpc) is 2.45. The first-order chi connectivity index (χ1) is 9.19. The Morgan fingerprint density at radius 2 is 2.26 bits per heavy atom. The van der Waals surface area contributed by atoms with Crippen LogP contribution in [0.1, 0.15) is 49.3 Å². The lowest BCUT2D eigenvalue weighted by atomic mass is 9.55. The third kappa shape index (κ3) is 1.80. The van der Waals surface area contributed by atoms with Gasteiger partial charge in [-0.05, 0) is 60.3 Å². The molecule has 0 saturated heterocycles. The summed E-state index contributed by atoms with van der Waals surface area (Å²) in [5, 5.41) is 9.11. The zero-order chi connectivity index (χ0) is 13.5. The predicted molar refractivity (Wildman–Crippen MR) is 73.7 cm³/mol. The SMILES string of the molecule is C[C@@]12CCC[C@H](C=O)[C@H]1CCc1ccc(C#N)cc12. The number of benzene rings is 1. The fourth-order valence-corrected chi connectivity index (χ4v) is 4.30. The van der Waals surface area contributed by atoms with Crippen molar-refractivity contribution in [1.82, 2.24) is 0 Å². The minimum Gasteiger partial charge on any atom is -0.303 e. The Bertz CT molecular complexity index is 557. The Morgan fingerprint density at radius 1 is 1.42 bits per heavy atom. The van der Waals surface area contributed by atoms with Crippen LogP contribution in [-0.2, 0) is 16.6 Å². The summed E-state index contributed by atoms with van der Waals surface area (Å²) in [6, 6.07) is 8.34. The van der Waals surface area contributed by atoms with Crippen LogP contribution in [0.15, 0.2) is 18.2 Å². The fourth-order valence-electron chi connectivity index (χ4n) is 4.30. The van der Waals surface area contributed by atoms with Crippen molar-refractivity contribution in [1.29, 1.82) is 5.26 Å². The molecule has 2 aliphatic rings. The van der Waals surface area contributed by atoms with E-state index < -0.39 is 0 Å². The average molecular weight is 253 g/mol. The van der Waals surface area contributed by atoms with Crippen LogP contribution in [0.3, 0.4) is 0 Å². The summed E-state index contributed by atoms with van der Waals surface area (Å²) in [6.45, 7) is 2.30. The molecule has 0 bridgehead atoms. The quantitative estimate of drug-likeness (QED) is 0.720.